The van der Waals surface area contributed by atoms with Gasteiger partial charge < -0.3 is 24.1 Å². The van der Waals surface area contributed by atoms with Gasteiger partial charge in [0.1, 0.15) is 18.2 Å². The van der Waals surface area contributed by atoms with Gasteiger partial charge in [0.05, 0.1) is 29.7 Å². The molecule has 2 atom stereocenters. The number of benzene rings is 2. The van der Waals surface area contributed by atoms with E-state index in [0.717, 1.165) is 32.3 Å². The van der Waals surface area contributed by atoms with Gasteiger partial charge >= 0.3 is 0 Å². The van der Waals surface area contributed by atoms with Crippen LogP contribution in [0.1, 0.15) is 41.9 Å². The number of ether oxygens (including phenoxy) is 3. The number of amides is 1. The summed E-state index contributed by atoms with van der Waals surface area (Å²) in [6.07, 6.45) is 4.08. The summed E-state index contributed by atoms with van der Waals surface area (Å²) < 4.78 is 17.2. The molecule has 34 heavy (non-hydrogen) atoms. The number of para-hydroxylation sites is 1. The van der Waals surface area contributed by atoms with E-state index in [1.165, 1.54) is 0 Å². The van der Waals surface area contributed by atoms with Crippen LogP contribution in [0, 0.1) is 0 Å². The van der Waals surface area contributed by atoms with Crippen LogP contribution in [0.4, 0.5) is 0 Å². The van der Waals surface area contributed by atoms with Crippen molar-refractivity contribution in [3.63, 3.8) is 0 Å². The number of fused-ring (bicyclic) bond motifs is 1. The quantitative estimate of drug-likeness (QED) is 0.551. The molecule has 0 saturated carbocycles. The minimum Gasteiger partial charge on any atom is -0.491 e. The fourth-order valence-electron chi connectivity index (χ4n) is 4.49. The molecule has 0 spiro atoms. The molecule has 8 heteroatoms. The van der Waals surface area contributed by atoms with Crippen LogP contribution in [0.15, 0.2) is 53.3 Å². The predicted molar refractivity (Wildman–Crippen MR) is 127 cm³/mol. The molecule has 1 aromatic heterocycles. The zero-order valence-electron chi connectivity index (χ0n) is 19.1. The third-order valence-electron chi connectivity index (χ3n) is 6.30. The zero-order chi connectivity index (χ0) is 23.3. The number of nitrogens with zero attached hydrogens (tertiary/aromatic N) is 2. The molecular weight excluding hydrogens is 434 g/mol. The van der Waals surface area contributed by atoms with Crippen LogP contribution in [0.3, 0.4) is 0 Å². The Balaban J connectivity index is 1.32. The van der Waals surface area contributed by atoms with Gasteiger partial charge in [-0.25, -0.2) is 4.98 Å². The Bertz CT molecular complexity index is 1180. The van der Waals surface area contributed by atoms with Crippen molar-refractivity contribution in [3.05, 3.63) is 70.3 Å². The van der Waals surface area contributed by atoms with E-state index in [-0.39, 0.29) is 30.2 Å². The second-order valence-electron chi connectivity index (χ2n) is 8.82. The van der Waals surface area contributed by atoms with Crippen LogP contribution < -0.4 is 10.3 Å². The molecule has 0 bridgehead atoms. The van der Waals surface area contributed by atoms with Crippen molar-refractivity contribution in [3.8, 4) is 5.75 Å². The second kappa shape index (κ2) is 10.4. The van der Waals surface area contributed by atoms with Gasteiger partial charge in [-0.15, -0.1) is 0 Å². The molecule has 8 nitrogen and oxygen atoms in total. The van der Waals surface area contributed by atoms with Crippen molar-refractivity contribution in [1.82, 2.24) is 14.9 Å². The minimum absolute atomic E-state index is 0.0230. The first-order valence-electron chi connectivity index (χ1n) is 11.9. The maximum absolute atomic E-state index is 13.5. The van der Waals surface area contributed by atoms with Crippen molar-refractivity contribution < 1.29 is 19.0 Å². The zero-order valence-corrected chi connectivity index (χ0v) is 19.1. The van der Waals surface area contributed by atoms with E-state index >= 15 is 0 Å². The van der Waals surface area contributed by atoms with Gasteiger partial charge in [0, 0.05) is 25.3 Å². The van der Waals surface area contributed by atoms with Crippen LogP contribution in [0.25, 0.3) is 10.9 Å². The van der Waals surface area contributed by atoms with Crippen molar-refractivity contribution in [1.29, 1.82) is 0 Å². The Morgan fingerprint density at radius 3 is 2.50 bits per heavy atom. The summed E-state index contributed by atoms with van der Waals surface area (Å²) in [5.74, 6) is 1.02. The Hall–Kier alpha value is -3.23. The number of aromatic nitrogens is 2. The largest absolute Gasteiger partial charge is 0.491 e. The summed E-state index contributed by atoms with van der Waals surface area (Å²) in [5, 5.41) is 0.529. The molecule has 2 aliphatic heterocycles. The molecule has 2 aromatic carbocycles. The fourth-order valence-corrected chi connectivity index (χ4v) is 4.49. The number of H-pyrrole nitrogens is 1. The highest BCUT2D eigenvalue weighted by atomic mass is 16.5. The lowest BCUT2D eigenvalue weighted by atomic mass is 10.1. The average molecular weight is 464 g/mol. The highest BCUT2D eigenvalue weighted by molar-refractivity contribution is 5.94. The lowest BCUT2D eigenvalue weighted by Crippen LogP contribution is -2.37. The topological polar surface area (TPSA) is 93.8 Å². The molecule has 3 aromatic rings. The van der Waals surface area contributed by atoms with Gasteiger partial charge in [-0.2, -0.15) is 0 Å². The first-order chi connectivity index (χ1) is 16.7. The van der Waals surface area contributed by atoms with E-state index in [9.17, 15) is 9.59 Å². The summed E-state index contributed by atoms with van der Waals surface area (Å²) in [7, 11) is 0. The number of nitrogens with one attached hydrogen (secondary N) is 1. The summed E-state index contributed by atoms with van der Waals surface area (Å²) in [5.41, 5.74) is 0.946. The van der Waals surface area contributed by atoms with Gasteiger partial charge in [-0.3, -0.25) is 9.59 Å². The van der Waals surface area contributed by atoms with Crippen LogP contribution in [-0.2, 0) is 16.0 Å². The molecule has 2 aliphatic rings. The SMILES string of the molecule is O=C(c1ccc(OC[C@H]2CCCO2)cc1)N(Cc1nc2ccccc2c(=O)[nH]1)C[C@@H]1CCCO1. The van der Waals surface area contributed by atoms with Crippen molar-refractivity contribution >= 4 is 16.8 Å². The predicted octanol–water partition coefficient (Wildman–Crippen LogP) is 3.30. The fraction of sp³-hybridized carbons (Fsp3) is 0.423. The molecule has 5 rings (SSSR count). The van der Waals surface area contributed by atoms with Crippen molar-refractivity contribution in [2.24, 2.45) is 0 Å². The van der Waals surface area contributed by atoms with Crippen molar-refractivity contribution in [2.45, 2.75) is 44.4 Å². The monoisotopic (exact) mass is 463 g/mol. The highest BCUT2D eigenvalue weighted by Gasteiger charge is 2.25. The number of carbonyl (C=O) groups excluding carboxylic acids is 1. The number of aromatic amines is 1. The third-order valence-corrected chi connectivity index (χ3v) is 6.30. The van der Waals surface area contributed by atoms with Gasteiger partial charge in [-0.1, -0.05) is 12.1 Å². The van der Waals surface area contributed by atoms with Crippen LogP contribution in [-0.4, -0.2) is 59.3 Å². The maximum Gasteiger partial charge on any atom is 0.258 e. The Labute approximate surface area is 197 Å². The molecule has 1 amide bonds. The van der Waals surface area contributed by atoms with Gasteiger partial charge in [-0.05, 0) is 62.1 Å². The van der Waals surface area contributed by atoms with E-state index in [4.69, 9.17) is 14.2 Å². The van der Waals surface area contributed by atoms with E-state index in [1.807, 2.05) is 18.2 Å². The molecule has 1 N–H and O–H groups in total. The summed E-state index contributed by atoms with van der Waals surface area (Å²) in [4.78, 5) is 35.1. The van der Waals surface area contributed by atoms with Crippen molar-refractivity contribution in [2.75, 3.05) is 26.4 Å². The number of rotatable bonds is 8. The molecule has 0 aliphatic carbocycles. The van der Waals surface area contributed by atoms with E-state index in [2.05, 4.69) is 9.97 Å². The molecule has 2 fully saturated rings. The van der Waals surface area contributed by atoms with Crippen LogP contribution >= 0.6 is 0 Å². The molecule has 0 radical (unpaired) electrons. The van der Waals surface area contributed by atoms with E-state index in [0.29, 0.717) is 47.8 Å². The first kappa shape index (κ1) is 22.6. The lowest BCUT2D eigenvalue weighted by Gasteiger charge is -2.25. The molecule has 3 heterocycles. The second-order valence-corrected chi connectivity index (χ2v) is 8.82. The Morgan fingerprint density at radius 2 is 1.76 bits per heavy atom. The maximum atomic E-state index is 13.5. The molecule has 0 unspecified atom stereocenters. The van der Waals surface area contributed by atoms with Crippen LogP contribution in [0.2, 0.25) is 0 Å². The Morgan fingerprint density at radius 1 is 1.03 bits per heavy atom. The summed E-state index contributed by atoms with van der Waals surface area (Å²) >= 11 is 0. The molecule has 178 valence electrons. The lowest BCUT2D eigenvalue weighted by molar-refractivity contribution is 0.0501. The smallest absolute Gasteiger partial charge is 0.258 e. The first-order valence-corrected chi connectivity index (χ1v) is 11.9. The standard InChI is InChI=1S/C26H29N3O5/c30-25-22-7-1-2-8-23(22)27-24(28-25)16-29(15-20-5-3-13-32-20)26(31)18-9-11-19(12-10-18)34-17-21-6-4-14-33-21/h1-2,7-12,20-21H,3-6,13-17H2,(H,27,28,30)/t20-,21+/m0/s1. The highest BCUT2D eigenvalue weighted by Crippen LogP contribution is 2.20. The number of hydrogen-bond acceptors (Lipinski definition) is 6. The number of hydrogen-bond donors (Lipinski definition) is 1. The minimum atomic E-state index is -0.210. The average Bonchev–Trinajstić information content (AvgIpc) is 3.57. The van der Waals surface area contributed by atoms with Crippen LogP contribution in [0.5, 0.6) is 5.75 Å². The van der Waals surface area contributed by atoms with Gasteiger partial charge in [0.15, 0.2) is 0 Å². The molecular formula is C26H29N3O5. The summed E-state index contributed by atoms with van der Waals surface area (Å²) in [6.45, 7) is 2.63. The van der Waals surface area contributed by atoms with Gasteiger partial charge in [0.2, 0.25) is 0 Å². The van der Waals surface area contributed by atoms with E-state index in [1.54, 1.807) is 35.2 Å². The number of carbonyl (C=O) groups is 1. The van der Waals surface area contributed by atoms with Gasteiger partial charge in [0.25, 0.3) is 11.5 Å². The normalized spacial score (nSPS) is 20.0. The summed E-state index contributed by atoms with van der Waals surface area (Å²) in [6, 6.07) is 14.3. The van der Waals surface area contributed by atoms with E-state index < -0.39 is 0 Å². The Kier molecular flexibility index (Phi) is 6.87. The molecule has 2 saturated heterocycles. The third kappa shape index (κ3) is 5.29.